The Morgan fingerprint density at radius 3 is 2.42 bits per heavy atom. The van der Waals surface area contributed by atoms with Gasteiger partial charge in [0.05, 0.1) is 10.9 Å². The summed E-state index contributed by atoms with van der Waals surface area (Å²) in [5.41, 5.74) is 1.44. The summed E-state index contributed by atoms with van der Waals surface area (Å²) in [4.78, 5) is 42.8. The summed E-state index contributed by atoms with van der Waals surface area (Å²) in [7, 11) is -4.10. The molecule has 0 radical (unpaired) electrons. The smallest absolute Gasteiger partial charge is 0.241 e. The van der Waals surface area contributed by atoms with Gasteiger partial charge in [0.2, 0.25) is 15.8 Å². The van der Waals surface area contributed by atoms with Gasteiger partial charge < -0.3 is 0 Å². The van der Waals surface area contributed by atoms with Crippen LogP contribution in [0.4, 0.5) is 4.39 Å². The van der Waals surface area contributed by atoms with E-state index in [0.717, 1.165) is 30.0 Å². The number of aryl methyl sites for hydroxylation is 1. The molecule has 2 bridgehead atoms. The second kappa shape index (κ2) is 10.4. The highest BCUT2D eigenvalue weighted by atomic mass is 32.2. The Balaban J connectivity index is 1.83. The van der Waals surface area contributed by atoms with Crippen molar-refractivity contribution in [1.29, 1.82) is 0 Å². The number of fused-ring (bicyclic) bond motifs is 2. The Morgan fingerprint density at radius 1 is 1.09 bits per heavy atom. The van der Waals surface area contributed by atoms with E-state index in [4.69, 9.17) is 0 Å². The molecule has 0 aliphatic carbocycles. The summed E-state index contributed by atoms with van der Waals surface area (Å²) in [6, 6.07) is 8.59. The van der Waals surface area contributed by atoms with Gasteiger partial charge >= 0.3 is 0 Å². The number of nitrogens with zero attached hydrogens (tertiary/aromatic N) is 1. The third-order valence-corrected chi connectivity index (χ3v) is 7.13. The molecule has 2 atom stereocenters. The van der Waals surface area contributed by atoms with Crippen LogP contribution in [0.3, 0.4) is 0 Å². The van der Waals surface area contributed by atoms with Gasteiger partial charge in [-0.1, -0.05) is 19.9 Å². The number of pyridine rings is 1. The quantitative estimate of drug-likeness (QED) is 0.618. The zero-order chi connectivity index (χ0) is 24.2. The van der Waals surface area contributed by atoms with Crippen LogP contribution in [0.25, 0.3) is 0 Å². The molecule has 0 spiro atoms. The van der Waals surface area contributed by atoms with Crippen LogP contribution >= 0.6 is 0 Å². The molecule has 9 heteroatoms. The van der Waals surface area contributed by atoms with Crippen molar-refractivity contribution in [1.82, 2.24) is 9.71 Å². The normalized spacial score (nSPS) is 18.2. The number of hydrogen-bond acceptors (Lipinski definition) is 6. The van der Waals surface area contributed by atoms with Gasteiger partial charge in [0.1, 0.15) is 5.82 Å². The van der Waals surface area contributed by atoms with Crippen molar-refractivity contribution in [2.45, 2.75) is 56.9 Å². The van der Waals surface area contributed by atoms with E-state index < -0.39 is 51.1 Å². The second-order valence-electron chi connectivity index (χ2n) is 8.63. The Morgan fingerprint density at radius 2 is 1.76 bits per heavy atom. The van der Waals surface area contributed by atoms with Crippen LogP contribution in [0.2, 0.25) is 0 Å². The number of halogens is 1. The summed E-state index contributed by atoms with van der Waals surface area (Å²) in [5.74, 6) is -3.55. The zero-order valence-corrected chi connectivity index (χ0v) is 19.4. The highest BCUT2D eigenvalue weighted by Crippen LogP contribution is 2.21. The fourth-order valence-electron chi connectivity index (χ4n) is 3.87. The van der Waals surface area contributed by atoms with E-state index in [1.54, 1.807) is 19.9 Å². The average molecular weight is 475 g/mol. The number of carbonyl (C=O) groups excluding carboxylic acids is 3. The lowest BCUT2D eigenvalue weighted by Gasteiger charge is -2.24. The molecule has 0 fully saturated rings. The summed E-state index contributed by atoms with van der Waals surface area (Å²) in [6.07, 6.45) is 1.01. The summed E-state index contributed by atoms with van der Waals surface area (Å²) in [5, 5.41) is 0. The average Bonchev–Trinajstić information content (AvgIpc) is 2.76. The van der Waals surface area contributed by atoms with Crippen LogP contribution in [-0.2, 0) is 37.2 Å². The zero-order valence-electron chi connectivity index (χ0n) is 18.6. The number of hydrogen-bond donors (Lipinski definition) is 1. The van der Waals surface area contributed by atoms with Gasteiger partial charge in [-0.2, -0.15) is 0 Å². The van der Waals surface area contributed by atoms with Crippen molar-refractivity contribution < 1.29 is 27.2 Å². The highest BCUT2D eigenvalue weighted by molar-refractivity contribution is 7.89. The van der Waals surface area contributed by atoms with Crippen molar-refractivity contribution in [3.63, 3.8) is 0 Å². The largest absolute Gasteiger partial charge is 0.298 e. The van der Waals surface area contributed by atoms with Crippen LogP contribution in [-0.4, -0.2) is 36.8 Å². The molecule has 2 unspecified atom stereocenters. The first-order valence-corrected chi connectivity index (χ1v) is 12.4. The van der Waals surface area contributed by atoms with Gasteiger partial charge in [0.15, 0.2) is 11.6 Å². The van der Waals surface area contributed by atoms with Crippen LogP contribution in [0.15, 0.2) is 47.4 Å². The molecule has 1 aliphatic heterocycles. The number of sulfonamides is 1. The van der Waals surface area contributed by atoms with Gasteiger partial charge in [-0.25, -0.2) is 17.5 Å². The lowest BCUT2D eigenvalue weighted by atomic mass is 9.85. The maximum absolute atomic E-state index is 13.2. The van der Waals surface area contributed by atoms with E-state index in [9.17, 15) is 27.2 Å². The maximum Gasteiger partial charge on any atom is 0.241 e. The predicted octanol–water partition coefficient (Wildman–Crippen LogP) is 2.82. The van der Waals surface area contributed by atoms with E-state index in [1.807, 2.05) is 12.1 Å². The molecule has 0 amide bonds. The molecule has 1 aliphatic rings. The van der Waals surface area contributed by atoms with E-state index >= 15 is 0 Å². The first-order valence-electron chi connectivity index (χ1n) is 10.9. The lowest BCUT2D eigenvalue weighted by Crippen LogP contribution is -2.45. The molecular formula is C24H27FN2O5S. The monoisotopic (exact) mass is 474 g/mol. The highest BCUT2D eigenvalue weighted by Gasteiger charge is 2.34. The first kappa shape index (κ1) is 24.9. The third kappa shape index (κ3) is 6.39. The summed E-state index contributed by atoms with van der Waals surface area (Å²) in [6.45, 7) is 3.36. The standard InChI is InChI=1S/C24H27FN2O5S/c1-15(2)23(27-33(31,32)20-11-9-17(25)10-12-20)22(29)14-16-13-19-7-3-5-18(26-19)6-4-8-21(28)24(16)30/h3,5,7,9-12,15-16,23,27H,4,6,8,13-14H2,1-2H3. The SMILES string of the molecule is CC(C)C(NS(=O)(=O)c1ccc(F)cc1)C(=O)CC1Cc2cccc(n2)CCCC(=O)C1=O. The van der Waals surface area contributed by atoms with Gasteiger partial charge in [-0.15, -0.1) is 0 Å². The molecule has 1 N–H and O–H groups in total. The van der Waals surface area contributed by atoms with Gasteiger partial charge in [0.25, 0.3) is 0 Å². The van der Waals surface area contributed by atoms with E-state index in [2.05, 4.69) is 9.71 Å². The molecule has 2 aromatic rings. The molecule has 7 nitrogen and oxygen atoms in total. The minimum atomic E-state index is -4.10. The Kier molecular flexibility index (Phi) is 7.86. The van der Waals surface area contributed by atoms with E-state index in [-0.39, 0.29) is 24.2 Å². The number of benzene rings is 1. The Labute approximate surface area is 192 Å². The fourth-order valence-corrected chi connectivity index (χ4v) is 5.23. The number of Topliss-reactive ketones (excluding diaryl/α,β-unsaturated/α-hetero) is 3. The van der Waals surface area contributed by atoms with E-state index in [0.29, 0.717) is 18.5 Å². The van der Waals surface area contributed by atoms with E-state index in [1.165, 1.54) is 0 Å². The molecule has 0 saturated carbocycles. The number of ketones is 3. The van der Waals surface area contributed by atoms with Gasteiger partial charge in [0, 0.05) is 36.6 Å². The number of carbonyl (C=O) groups is 3. The van der Waals surface area contributed by atoms with Gasteiger partial charge in [-0.05, 0) is 55.2 Å². The fraction of sp³-hybridized carbons (Fsp3) is 0.417. The lowest BCUT2D eigenvalue weighted by molar-refractivity contribution is -0.140. The topological polar surface area (TPSA) is 110 Å². The minimum absolute atomic E-state index is 0.0836. The van der Waals surface area contributed by atoms with Crippen LogP contribution in [0, 0.1) is 17.7 Å². The maximum atomic E-state index is 13.2. The number of nitrogens with one attached hydrogen (secondary N) is 1. The van der Waals surface area contributed by atoms with Crippen LogP contribution in [0.1, 0.15) is 44.5 Å². The molecule has 176 valence electrons. The van der Waals surface area contributed by atoms with Crippen molar-refractivity contribution >= 4 is 27.4 Å². The summed E-state index contributed by atoms with van der Waals surface area (Å²) >= 11 is 0. The Hall–Kier alpha value is -2.78. The number of aromatic nitrogens is 1. The van der Waals surface area contributed by atoms with Crippen LogP contribution < -0.4 is 4.72 Å². The molecule has 2 heterocycles. The molecule has 1 aromatic carbocycles. The van der Waals surface area contributed by atoms with Crippen molar-refractivity contribution in [2.24, 2.45) is 11.8 Å². The first-order chi connectivity index (χ1) is 15.6. The second-order valence-corrected chi connectivity index (χ2v) is 10.3. The van der Waals surface area contributed by atoms with Crippen LogP contribution in [0.5, 0.6) is 0 Å². The predicted molar refractivity (Wildman–Crippen MR) is 119 cm³/mol. The van der Waals surface area contributed by atoms with Crippen molar-refractivity contribution in [3.8, 4) is 0 Å². The Bertz CT molecular complexity index is 1150. The molecular weight excluding hydrogens is 447 g/mol. The van der Waals surface area contributed by atoms with Gasteiger partial charge in [-0.3, -0.25) is 19.4 Å². The molecule has 3 rings (SSSR count). The minimum Gasteiger partial charge on any atom is -0.298 e. The number of rotatable bonds is 7. The third-order valence-electron chi connectivity index (χ3n) is 5.67. The molecule has 0 saturated heterocycles. The van der Waals surface area contributed by atoms with Crippen molar-refractivity contribution in [3.05, 3.63) is 59.7 Å². The summed E-state index contributed by atoms with van der Waals surface area (Å²) < 4.78 is 41.1. The van der Waals surface area contributed by atoms with Crippen molar-refractivity contribution in [2.75, 3.05) is 0 Å². The molecule has 1 aromatic heterocycles. The molecule has 33 heavy (non-hydrogen) atoms.